The predicted molar refractivity (Wildman–Crippen MR) is 136 cm³/mol. The summed E-state index contributed by atoms with van der Waals surface area (Å²) in [5.74, 6) is 0.710. The first kappa shape index (κ1) is 23.0. The van der Waals surface area contributed by atoms with Gasteiger partial charge in [-0.15, -0.1) is 0 Å². The Balaban J connectivity index is 1.94. The van der Waals surface area contributed by atoms with Gasteiger partial charge < -0.3 is 20.3 Å². The van der Waals surface area contributed by atoms with Crippen LogP contribution in [0, 0.1) is 0 Å². The van der Waals surface area contributed by atoms with Crippen molar-refractivity contribution in [1.82, 2.24) is 9.78 Å². The zero-order valence-corrected chi connectivity index (χ0v) is 20.1. The Morgan fingerprint density at radius 2 is 1.91 bits per heavy atom. The van der Waals surface area contributed by atoms with Crippen LogP contribution in [0.1, 0.15) is 26.2 Å². The average Bonchev–Trinajstić information content (AvgIpc) is 2.85. The molecule has 8 heteroatoms. The molecule has 1 aliphatic rings. The maximum atomic E-state index is 13.6. The highest BCUT2D eigenvalue weighted by Gasteiger charge is 2.22. The quantitative estimate of drug-likeness (QED) is 0.534. The number of rotatable bonds is 6. The van der Waals surface area contributed by atoms with Crippen LogP contribution in [0.2, 0.25) is 5.02 Å². The minimum absolute atomic E-state index is 0.268. The van der Waals surface area contributed by atoms with Crippen molar-refractivity contribution in [1.29, 1.82) is 0 Å². The fourth-order valence-electron chi connectivity index (χ4n) is 4.16. The zero-order chi connectivity index (χ0) is 23.5. The molecule has 0 spiro atoms. The molecule has 0 amide bonds. The summed E-state index contributed by atoms with van der Waals surface area (Å²) in [5.41, 5.74) is 9.79. The molecule has 174 valence electrons. The zero-order valence-electron chi connectivity index (χ0n) is 19.3. The molecule has 0 radical (unpaired) electrons. The number of methoxy groups -OCH3 is 1. The number of hydrogen-bond donors (Lipinski definition) is 1. The number of ether oxygens (including phenoxy) is 1. The van der Waals surface area contributed by atoms with Crippen LogP contribution in [0.5, 0.6) is 5.75 Å². The predicted octanol–water partition coefficient (Wildman–Crippen LogP) is 4.59. The van der Waals surface area contributed by atoms with E-state index in [1.54, 1.807) is 19.2 Å². The maximum absolute atomic E-state index is 13.6. The molecule has 1 fully saturated rings. The van der Waals surface area contributed by atoms with Gasteiger partial charge in [-0.3, -0.25) is 4.79 Å². The minimum Gasteiger partial charge on any atom is -0.497 e. The Labute approximate surface area is 199 Å². The Bertz CT molecular complexity index is 1200. The summed E-state index contributed by atoms with van der Waals surface area (Å²) in [6, 6.07) is 13.1. The van der Waals surface area contributed by atoms with E-state index in [0.717, 1.165) is 37.2 Å². The molecule has 0 unspecified atom stereocenters. The van der Waals surface area contributed by atoms with Crippen LogP contribution in [0.3, 0.4) is 0 Å². The van der Waals surface area contributed by atoms with Crippen LogP contribution >= 0.6 is 11.6 Å². The summed E-state index contributed by atoms with van der Waals surface area (Å²) in [4.78, 5) is 17.7. The van der Waals surface area contributed by atoms with Gasteiger partial charge in [0.2, 0.25) is 0 Å². The fourth-order valence-corrected chi connectivity index (χ4v) is 4.54. The Kier molecular flexibility index (Phi) is 6.79. The molecule has 3 aromatic rings. The van der Waals surface area contributed by atoms with E-state index in [9.17, 15) is 4.79 Å². The van der Waals surface area contributed by atoms with E-state index < -0.39 is 0 Å². The summed E-state index contributed by atoms with van der Waals surface area (Å²) >= 11 is 6.91. The van der Waals surface area contributed by atoms with E-state index in [-0.39, 0.29) is 5.56 Å². The molecular formula is C25H30ClN5O2. The third kappa shape index (κ3) is 4.50. The summed E-state index contributed by atoms with van der Waals surface area (Å²) < 4.78 is 6.73. The second-order valence-electron chi connectivity index (χ2n) is 8.26. The molecule has 1 saturated heterocycles. The first-order valence-electron chi connectivity index (χ1n) is 11.3. The monoisotopic (exact) mass is 467 g/mol. The maximum Gasteiger partial charge on any atom is 0.295 e. The Hall–Kier alpha value is -3.19. The Morgan fingerprint density at radius 1 is 1.15 bits per heavy atom. The van der Waals surface area contributed by atoms with Crippen molar-refractivity contribution in [2.45, 2.75) is 26.2 Å². The topological polar surface area (TPSA) is 76.6 Å². The second kappa shape index (κ2) is 9.75. The van der Waals surface area contributed by atoms with Crippen LogP contribution in [0.25, 0.3) is 16.9 Å². The van der Waals surface area contributed by atoms with E-state index >= 15 is 0 Å². The van der Waals surface area contributed by atoms with Gasteiger partial charge in [-0.25, -0.2) is 0 Å². The first-order valence-corrected chi connectivity index (χ1v) is 11.7. The van der Waals surface area contributed by atoms with Crippen LogP contribution in [-0.4, -0.2) is 43.6 Å². The summed E-state index contributed by atoms with van der Waals surface area (Å²) in [6.07, 6.45) is 3.45. The molecule has 0 saturated carbocycles. The lowest BCUT2D eigenvalue weighted by atomic mass is 10.1. The number of nitrogen functional groups attached to an aromatic ring is 1. The molecule has 4 rings (SSSR count). The number of hydrogen-bond acceptors (Lipinski definition) is 6. The third-order valence-electron chi connectivity index (χ3n) is 6.18. The molecule has 0 aliphatic carbocycles. The highest BCUT2D eigenvalue weighted by molar-refractivity contribution is 6.35. The number of aromatic nitrogens is 2. The van der Waals surface area contributed by atoms with Gasteiger partial charge in [-0.1, -0.05) is 23.7 Å². The standard InChI is InChI=1S/C25H30ClN5O2/c1-4-29(2)22-16-20(17-9-8-10-18(15-17)33-3)28-31(25(22)32)24-19(27)11-12-21(23(24)26)30-13-6-5-7-14-30/h8-12,15-16H,4-7,13-14,27H2,1-3H3. The van der Waals surface area contributed by atoms with Crippen LogP contribution in [0.15, 0.2) is 47.3 Å². The second-order valence-corrected chi connectivity index (χ2v) is 8.64. The van der Waals surface area contributed by atoms with Gasteiger partial charge in [0.15, 0.2) is 0 Å². The van der Waals surface area contributed by atoms with E-state index in [1.807, 2.05) is 49.2 Å². The van der Waals surface area contributed by atoms with E-state index in [2.05, 4.69) is 4.90 Å². The molecule has 0 atom stereocenters. The first-order chi connectivity index (χ1) is 15.9. The van der Waals surface area contributed by atoms with Gasteiger partial charge in [-0.2, -0.15) is 9.78 Å². The minimum atomic E-state index is -0.268. The van der Waals surface area contributed by atoms with Crippen molar-refractivity contribution in [2.75, 3.05) is 49.3 Å². The van der Waals surface area contributed by atoms with Crippen molar-refractivity contribution in [3.8, 4) is 22.7 Å². The molecule has 2 aromatic carbocycles. The highest BCUT2D eigenvalue weighted by Crippen LogP contribution is 2.37. The van der Waals surface area contributed by atoms with Gasteiger partial charge in [0.05, 0.1) is 29.2 Å². The Morgan fingerprint density at radius 3 is 2.61 bits per heavy atom. The largest absolute Gasteiger partial charge is 0.497 e. The number of nitrogens with zero attached hydrogens (tertiary/aromatic N) is 4. The van der Waals surface area contributed by atoms with Crippen molar-refractivity contribution in [2.24, 2.45) is 0 Å². The van der Waals surface area contributed by atoms with Gasteiger partial charge >= 0.3 is 0 Å². The highest BCUT2D eigenvalue weighted by atomic mass is 35.5. The lowest BCUT2D eigenvalue weighted by Crippen LogP contribution is -2.32. The lowest BCUT2D eigenvalue weighted by molar-refractivity contribution is 0.415. The smallest absolute Gasteiger partial charge is 0.295 e. The van der Waals surface area contributed by atoms with E-state index in [0.29, 0.717) is 40.1 Å². The average molecular weight is 468 g/mol. The molecule has 2 heterocycles. The normalized spacial score (nSPS) is 13.8. The van der Waals surface area contributed by atoms with Gasteiger partial charge in [0.25, 0.3) is 5.56 Å². The summed E-state index contributed by atoms with van der Waals surface area (Å²) in [5, 5.41) is 5.16. The summed E-state index contributed by atoms with van der Waals surface area (Å²) in [7, 11) is 3.50. The molecule has 1 aromatic heterocycles. The summed E-state index contributed by atoms with van der Waals surface area (Å²) in [6.45, 7) is 4.51. The lowest BCUT2D eigenvalue weighted by Gasteiger charge is -2.30. The van der Waals surface area contributed by atoms with Crippen LogP contribution < -0.4 is 25.8 Å². The molecular weight excluding hydrogens is 438 g/mol. The van der Waals surface area contributed by atoms with Crippen LogP contribution in [-0.2, 0) is 0 Å². The van der Waals surface area contributed by atoms with Crippen molar-refractivity contribution in [3.05, 3.63) is 57.8 Å². The molecule has 1 aliphatic heterocycles. The number of piperidine rings is 1. The van der Waals surface area contributed by atoms with Gasteiger partial charge in [-0.05, 0) is 56.5 Å². The number of halogens is 1. The van der Waals surface area contributed by atoms with Crippen molar-refractivity contribution in [3.63, 3.8) is 0 Å². The number of anilines is 3. The molecule has 33 heavy (non-hydrogen) atoms. The molecule has 2 N–H and O–H groups in total. The fraction of sp³-hybridized carbons (Fsp3) is 0.360. The third-order valence-corrected chi connectivity index (χ3v) is 6.55. The van der Waals surface area contributed by atoms with Gasteiger partial charge in [0.1, 0.15) is 17.1 Å². The van der Waals surface area contributed by atoms with Gasteiger partial charge in [0, 0.05) is 32.2 Å². The van der Waals surface area contributed by atoms with E-state index in [4.69, 9.17) is 27.2 Å². The van der Waals surface area contributed by atoms with Crippen molar-refractivity contribution < 1.29 is 4.74 Å². The SMILES string of the molecule is CCN(C)c1cc(-c2cccc(OC)c2)nn(-c2c(N)ccc(N3CCCCC3)c2Cl)c1=O. The van der Waals surface area contributed by atoms with Crippen molar-refractivity contribution >= 4 is 28.7 Å². The van der Waals surface area contributed by atoms with Crippen LogP contribution in [0.4, 0.5) is 17.1 Å². The number of benzene rings is 2. The van der Waals surface area contributed by atoms with E-state index in [1.165, 1.54) is 11.1 Å². The molecule has 7 nitrogen and oxygen atoms in total. The molecule has 0 bridgehead atoms. The number of nitrogens with two attached hydrogens (primary N) is 1.